The van der Waals surface area contributed by atoms with E-state index in [9.17, 15) is 4.79 Å². The number of amides is 1. The van der Waals surface area contributed by atoms with Gasteiger partial charge in [0.15, 0.2) is 22.9 Å². The summed E-state index contributed by atoms with van der Waals surface area (Å²) in [6, 6.07) is 9.52. The Morgan fingerprint density at radius 1 is 1.30 bits per heavy atom. The molecule has 0 bridgehead atoms. The van der Waals surface area contributed by atoms with Crippen LogP contribution in [-0.2, 0) is 17.8 Å². The number of hydrogen-bond donors (Lipinski definition) is 0. The standard InChI is InChI=1S/C20H21N3O4/c1-4-15-20(22(3)13(2)24)23-9-5-6-17(19(23)21-15)25-11-14-7-8-16-18(10-14)27-12-26-16/h5-10H,4,11-12H2,1-3H3. The summed E-state index contributed by atoms with van der Waals surface area (Å²) in [4.78, 5) is 18.2. The Kier molecular flexibility index (Phi) is 4.35. The maximum absolute atomic E-state index is 11.9. The fraction of sp³-hybridized carbons (Fsp3) is 0.300. The molecule has 0 spiro atoms. The number of anilines is 1. The number of aromatic nitrogens is 2. The molecule has 0 saturated heterocycles. The molecule has 1 amide bonds. The molecule has 140 valence electrons. The third-order valence-electron chi connectivity index (χ3n) is 4.61. The van der Waals surface area contributed by atoms with Gasteiger partial charge >= 0.3 is 0 Å². The van der Waals surface area contributed by atoms with Crippen LogP contribution in [0.2, 0.25) is 0 Å². The molecule has 0 aliphatic carbocycles. The maximum atomic E-state index is 11.9. The number of imidazole rings is 1. The van der Waals surface area contributed by atoms with Gasteiger partial charge in [-0.25, -0.2) is 4.98 Å². The molecule has 3 aromatic rings. The number of ether oxygens (including phenoxy) is 3. The topological polar surface area (TPSA) is 65.3 Å². The molecule has 7 nitrogen and oxygen atoms in total. The largest absolute Gasteiger partial charge is 0.485 e. The summed E-state index contributed by atoms with van der Waals surface area (Å²) in [6.07, 6.45) is 2.61. The molecule has 27 heavy (non-hydrogen) atoms. The van der Waals surface area contributed by atoms with Crippen LogP contribution in [0.15, 0.2) is 36.5 Å². The van der Waals surface area contributed by atoms with Crippen molar-refractivity contribution >= 4 is 17.4 Å². The highest BCUT2D eigenvalue weighted by atomic mass is 16.7. The molecular formula is C20H21N3O4. The van der Waals surface area contributed by atoms with Crippen LogP contribution in [0.1, 0.15) is 25.1 Å². The lowest BCUT2D eigenvalue weighted by Crippen LogP contribution is -2.25. The number of rotatable bonds is 5. The van der Waals surface area contributed by atoms with Crippen LogP contribution in [0.3, 0.4) is 0 Å². The van der Waals surface area contributed by atoms with Crippen molar-refractivity contribution in [1.82, 2.24) is 9.38 Å². The second-order valence-corrected chi connectivity index (χ2v) is 6.36. The van der Waals surface area contributed by atoms with E-state index in [0.717, 1.165) is 35.0 Å². The lowest BCUT2D eigenvalue weighted by Gasteiger charge is -2.16. The first-order valence-corrected chi connectivity index (χ1v) is 8.84. The van der Waals surface area contributed by atoms with Crippen LogP contribution in [0.4, 0.5) is 5.82 Å². The van der Waals surface area contributed by atoms with E-state index in [-0.39, 0.29) is 12.7 Å². The van der Waals surface area contributed by atoms with Crippen LogP contribution in [-0.4, -0.2) is 29.1 Å². The molecule has 0 radical (unpaired) electrons. The lowest BCUT2D eigenvalue weighted by atomic mass is 10.2. The van der Waals surface area contributed by atoms with Gasteiger partial charge in [0.1, 0.15) is 12.4 Å². The minimum absolute atomic E-state index is 0.0434. The maximum Gasteiger partial charge on any atom is 0.231 e. The smallest absolute Gasteiger partial charge is 0.231 e. The van der Waals surface area contributed by atoms with E-state index in [0.29, 0.717) is 18.0 Å². The van der Waals surface area contributed by atoms with Crippen molar-refractivity contribution in [3.05, 3.63) is 47.8 Å². The molecule has 0 N–H and O–H groups in total. The highest BCUT2D eigenvalue weighted by molar-refractivity contribution is 5.91. The second-order valence-electron chi connectivity index (χ2n) is 6.36. The Morgan fingerprint density at radius 2 is 2.11 bits per heavy atom. The normalized spacial score (nSPS) is 12.4. The zero-order chi connectivity index (χ0) is 19.0. The Bertz CT molecular complexity index is 1010. The molecule has 1 aliphatic rings. The minimum atomic E-state index is -0.0434. The summed E-state index contributed by atoms with van der Waals surface area (Å²) in [5, 5.41) is 0. The van der Waals surface area contributed by atoms with Gasteiger partial charge in [-0.3, -0.25) is 14.1 Å². The number of hydrogen-bond acceptors (Lipinski definition) is 5. The SMILES string of the molecule is CCc1nc2c(OCc3ccc4c(c3)OCO4)cccn2c1N(C)C(C)=O. The molecular weight excluding hydrogens is 346 g/mol. The van der Waals surface area contributed by atoms with Crippen LogP contribution < -0.4 is 19.1 Å². The molecule has 3 heterocycles. The van der Waals surface area contributed by atoms with E-state index >= 15 is 0 Å². The molecule has 0 atom stereocenters. The molecule has 4 rings (SSSR count). The van der Waals surface area contributed by atoms with Crippen molar-refractivity contribution in [2.75, 3.05) is 18.7 Å². The van der Waals surface area contributed by atoms with Gasteiger partial charge in [0.2, 0.25) is 12.7 Å². The van der Waals surface area contributed by atoms with Gasteiger partial charge < -0.3 is 14.2 Å². The van der Waals surface area contributed by atoms with Gasteiger partial charge in [0.25, 0.3) is 0 Å². The Balaban J connectivity index is 1.65. The first-order valence-electron chi connectivity index (χ1n) is 8.84. The zero-order valence-electron chi connectivity index (χ0n) is 15.6. The first-order chi connectivity index (χ1) is 13.1. The van der Waals surface area contributed by atoms with Crippen LogP contribution in [0.25, 0.3) is 5.65 Å². The number of benzene rings is 1. The monoisotopic (exact) mass is 367 g/mol. The average molecular weight is 367 g/mol. The average Bonchev–Trinajstić information content (AvgIpc) is 3.29. The van der Waals surface area contributed by atoms with Crippen molar-refractivity contribution in [3.8, 4) is 17.2 Å². The zero-order valence-corrected chi connectivity index (χ0v) is 15.6. The summed E-state index contributed by atoms with van der Waals surface area (Å²) in [6.45, 7) is 4.19. The summed E-state index contributed by atoms with van der Waals surface area (Å²) >= 11 is 0. The molecule has 0 unspecified atom stereocenters. The number of carbonyl (C=O) groups excluding carboxylic acids is 1. The predicted molar refractivity (Wildman–Crippen MR) is 101 cm³/mol. The highest BCUT2D eigenvalue weighted by Crippen LogP contribution is 2.33. The van der Waals surface area contributed by atoms with Crippen LogP contribution in [0, 0.1) is 0 Å². The Labute approximate surface area is 157 Å². The van der Waals surface area contributed by atoms with E-state index < -0.39 is 0 Å². The minimum Gasteiger partial charge on any atom is -0.485 e. The molecule has 0 saturated carbocycles. The third kappa shape index (κ3) is 3.05. The molecule has 7 heteroatoms. The molecule has 2 aromatic heterocycles. The predicted octanol–water partition coefficient (Wildman–Crippen LogP) is 3.19. The summed E-state index contributed by atoms with van der Waals surface area (Å²) < 4.78 is 18.7. The number of carbonyl (C=O) groups is 1. The highest BCUT2D eigenvalue weighted by Gasteiger charge is 2.20. The fourth-order valence-corrected chi connectivity index (χ4v) is 3.12. The van der Waals surface area contributed by atoms with Gasteiger partial charge in [-0.05, 0) is 36.2 Å². The van der Waals surface area contributed by atoms with E-state index in [1.165, 1.54) is 0 Å². The van der Waals surface area contributed by atoms with E-state index in [1.807, 2.05) is 47.9 Å². The van der Waals surface area contributed by atoms with Crippen molar-refractivity contribution < 1.29 is 19.0 Å². The van der Waals surface area contributed by atoms with Gasteiger partial charge in [-0.15, -0.1) is 0 Å². The van der Waals surface area contributed by atoms with Crippen molar-refractivity contribution in [2.45, 2.75) is 26.9 Å². The van der Waals surface area contributed by atoms with E-state index in [4.69, 9.17) is 19.2 Å². The van der Waals surface area contributed by atoms with E-state index in [1.54, 1.807) is 18.9 Å². The lowest BCUT2D eigenvalue weighted by molar-refractivity contribution is -0.116. The Morgan fingerprint density at radius 3 is 2.89 bits per heavy atom. The summed E-state index contributed by atoms with van der Waals surface area (Å²) in [5.41, 5.74) is 2.52. The van der Waals surface area contributed by atoms with Gasteiger partial charge in [0.05, 0.1) is 5.69 Å². The number of pyridine rings is 1. The van der Waals surface area contributed by atoms with Crippen LogP contribution >= 0.6 is 0 Å². The van der Waals surface area contributed by atoms with Crippen molar-refractivity contribution in [1.29, 1.82) is 0 Å². The summed E-state index contributed by atoms with van der Waals surface area (Å²) in [5.74, 6) is 2.87. The molecule has 0 fully saturated rings. The van der Waals surface area contributed by atoms with E-state index in [2.05, 4.69) is 0 Å². The Hall–Kier alpha value is -3.22. The second kappa shape index (κ2) is 6.83. The third-order valence-corrected chi connectivity index (χ3v) is 4.61. The number of aryl methyl sites for hydroxylation is 1. The van der Waals surface area contributed by atoms with Gasteiger partial charge in [-0.2, -0.15) is 0 Å². The van der Waals surface area contributed by atoms with Gasteiger partial charge in [-0.1, -0.05) is 13.0 Å². The van der Waals surface area contributed by atoms with Crippen molar-refractivity contribution in [3.63, 3.8) is 0 Å². The molecule has 1 aliphatic heterocycles. The number of fused-ring (bicyclic) bond motifs is 2. The molecule has 1 aromatic carbocycles. The van der Waals surface area contributed by atoms with Crippen molar-refractivity contribution in [2.24, 2.45) is 0 Å². The quantitative estimate of drug-likeness (QED) is 0.693. The van der Waals surface area contributed by atoms with Gasteiger partial charge in [0, 0.05) is 20.2 Å². The number of nitrogens with zero attached hydrogens (tertiary/aromatic N) is 3. The fourth-order valence-electron chi connectivity index (χ4n) is 3.12. The van der Waals surface area contributed by atoms with Crippen LogP contribution in [0.5, 0.6) is 17.2 Å². The first kappa shape index (κ1) is 17.2. The summed E-state index contributed by atoms with van der Waals surface area (Å²) in [7, 11) is 1.76.